The summed E-state index contributed by atoms with van der Waals surface area (Å²) >= 11 is 0. The molecular weight excluding hydrogens is 184 g/mol. The van der Waals surface area contributed by atoms with E-state index < -0.39 is 23.9 Å². The fourth-order valence-corrected chi connectivity index (χ4v) is 1.61. The number of primary amides is 2. The molecule has 0 aromatic carbocycles. The molecule has 1 rings (SSSR count). The minimum absolute atomic E-state index is 0.426. The Bertz CT molecular complexity index is 243. The number of hydrogen-bond acceptors (Lipinski definition) is 4. The molecule has 80 valence electrons. The van der Waals surface area contributed by atoms with E-state index in [1.165, 1.54) is 0 Å². The largest absolute Gasteiger partial charge is 0.368 e. The molecule has 2 unspecified atom stereocenters. The Morgan fingerprint density at radius 1 is 1.50 bits per heavy atom. The van der Waals surface area contributed by atoms with E-state index in [9.17, 15) is 9.59 Å². The van der Waals surface area contributed by atoms with Crippen LogP contribution in [0.4, 0.5) is 0 Å². The molecule has 0 aliphatic carbocycles. The quantitative estimate of drug-likeness (QED) is 0.473. The zero-order valence-electron chi connectivity index (χ0n) is 8.19. The lowest BCUT2D eigenvalue weighted by molar-refractivity contribution is -0.129. The third-order valence-electron chi connectivity index (χ3n) is 2.52. The molecule has 0 aromatic rings. The lowest BCUT2D eigenvalue weighted by Gasteiger charge is -2.36. The van der Waals surface area contributed by atoms with Crippen molar-refractivity contribution >= 4 is 11.8 Å². The van der Waals surface area contributed by atoms with Crippen molar-refractivity contribution in [2.45, 2.75) is 19.0 Å². The fraction of sp³-hybridized carbons (Fsp3) is 0.750. The number of nitrogens with zero attached hydrogens (tertiary/aromatic N) is 1. The summed E-state index contributed by atoms with van der Waals surface area (Å²) in [5, 5.41) is 3.05. The Balaban J connectivity index is 2.72. The number of carbonyl (C=O) groups excluding carboxylic acids is 2. The van der Waals surface area contributed by atoms with E-state index in [0.29, 0.717) is 13.1 Å². The second-order valence-electron chi connectivity index (χ2n) is 3.44. The summed E-state index contributed by atoms with van der Waals surface area (Å²) in [6.07, 6.45) is 0. The van der Waals surface area contributed by atoms with E-state index >= 15 is 0 Å². The highest BCUT2D eigenvalue weighted by atomic mass is 16.2. The van der Waals surface area contributed by atoms with Crippen LogP contribution in [0.2, 0.25) is 0 Å². The Hall–Kier alpha value is -1.14. The maximum Gasteiger partial charge on any atom is 0.236 e. The summed E-state index contributed by atoms with van der Waals surface area (Å²) < 4.78 is 0. The van der Waals surface area contributed by atoms with E-state index in [4.69, 9.17) is 11.5 Å². The molecule has 14 heavy (non-hydrogen) atoms. The summed E-state index contributed by atoms with van der Waals surface area (Å²) in [5.74, 6) is -0.858. The van der Waals surface area contributed by atoms with Gasteiger partial charge in [0.15, 0.2) is 0 Å². The van der Waals surface area contributed by atoms with Crippen molar-refractivity contribution in [1.82, 2.24) is 10.2 Å². The van der Waals surface area contributed by atoms with Crippen molar-refractivity contribution in [3.63, 3.8) is 0 Å². The van der Waals surface area contributed by atoms with Crippen molar-refractivity contribution < 1.29 is 9.59 Å². The molecule has 2 amide bonds. The van der Waals surface area contributed by atoms with Gasteiger partial charge in [-0.05, 0) is 6.92 Å². The summed E-state index contributed by atoms with van der Waals surface area (Å²) in [6, 6.07) is -0.888. The number of amides is 2. The fourth-order valence-electron chi connectivity index (χ4n) is 1.61. The van der Waals surface area contributed by atoms with Gasteiger partial charge in [0.05, 0.1) is 6.04 Å². The number of nitrogens with one attached hydrogen (secondary N) is 1. The van der Waals surface area contributed by atoms with Crippen molar-refractivity contribution in [1.29, 1.82) is 0 Å². The van der Waals surface area contributed by atoms with Gasteiger partial charge >= 0.3 is 0 Å². The van der Waals surface area contributed by atoms with Crippen molar-refractivity contribution in [2.75, 3.05) is 19.6 Å². The van der Waals surface area contributed by atoms with Gasteiger partial charge in [-0.25, -0.2) is 0 Å². The highest BCUT2D eigenvalue weighted by Gasteiger charge is 2.32. The SMILES string of the molecule is CC(C(N)=O)N1CCNCC1C(N)=O. The number of nitrogens with two attached hydrogens (primary N) is 2. The molecule has 0 radical (unpaired) electrons. The zero-order valence-corrected chi connectivity index (χ0v) is 8.19. The van der Waals surface area contributed by atoms with Gasteiger partial charge < -0.3 is 16.8 Å². The first-order valence-electron chi connectivity index (χ1n) is 4.59. The predicted molar refractivity (Wildman–Crippen MR) is 51.2 cm³/mol. The van der Waals surface area contributed by atoms with Gasteiger partial charge in [0.1, 0.15) is 6.04 Å². The molecule has 1 fully saturated rings. The molecular formula is C8H16N4O2. The highest BCUT2D eigenvalue weighted by Crippen LogP contribution is 2.07. The molecule has 1 heterocycles. The van der Waals surface area contributed by atoms with Crippen LogP contribution in [0.25, 0.3) is 0 Å². The molecule has 0 aromatic heterocycles. The van der Waals surface area contributed by atoms with E-state index in [0.717, 1.165) is 6.54 Å². The molecule has 0 spiro atoms. The lowest BCUT2D eigenvalue weighted by atomic mass is 10.1. The van der Waals surface area contributed by atoms with Crippen LogP contribution in [-0.4, -0.2) is 48.4 Å². The van der Waals surface area contributed by atoms with E-state index in [-0.39, 0.29) is 0 Å². The Labute approximate surface area is 82.6 Å². The maximum absolute atomic E-state index is 11.1. The van der Waals surface area contributed by atoms with Gasteiger partial charge in [-0.15, -0.1) is 0 Å². The van der Waals surface area contributed by atoms with Gasteiger partial charge in [-0.3, -0.25) is 14.5 Å². The number of carbonyl (C=O) groups is 2. The molecule has 5 N–H and O–H groups in total. The third kappa shape index (κ3) is 2.21. The lowest BCUT2D eigenvalue weighted by Crippen LogP contribution is -2.61. The summed E-state index contributed by atoms with van der Waals surface area (Å²) in [6.45, 7) is 3.51. The second-order valence-corrected chi connectivity index (χ2v) is 3.44. The van der Waals surface area contributed by atoms with E-state index in [2.05, 4.69) is 5.32 Å². The van der Waals surface area contributed by atoms with Crippen LogP contribution in [-0.2, 0) is 9.59 Å². The van der Waals surface area contributed by atoms with Crippen molar-refractivity contribution in [2.24, 2.45) is 11.5 Å². The van der Waals surface area contributed by atoms with Crippen LogP contribution in [0.5, 0.6) is 0 Å². The Morgan fingerprint density at radius 3 is 2.64 bits per heavy atom. The van der Waals surface area contributed by atoms with Gasteiger partial charge in [0, 0.05) is 19.6 Å². The topological polar surface area (TPSA) is 101 Å². The Morgan fingerprint density at radius 2 is 2.14 bits per heavy atom. The first-order chi connectivity index (χ1) is 6.54. The Kier molecular flexibility index (Phi) is 3.43. The van der Waals surface area contributed by atoms with Gasteiger partial charge in [0.25, 0.3) is 0 Å². The summed E-state index contributed by atoms with van der Waals surface area (Å²) in [7, 11) is 0. The maximum atomic E-state index is 11.1. The van der Waals surface area contributed by atoms with E-state index in [1.54, 1.807) is 11.8 Å². The van der Waals surface area contributed by atoms with Crippen LogP contribution in [0.1, 0.15) is 6.92 Å². The second kappa shape index (κ2) is 4.39. The predicted octanol–water partition coefficient (Wildman–Crippen LogP) is -2.38. The average molecular weight is 200 g/mol. The summed E-state index contributed by atoms with van der Waals surface area (Å²) in [5.41, 5.74) is 10.4. The molecule has 0 saturated carbocycles. The molecule has 6 nitrogen and oxygen atoms in total. The van der Waals surface area contributed by atoms with Crippen molar-refractivity contribution in [3.05, 3.63) is 0 Å². The minimum Gasteiger partial charge on any atom is -0.368 e. The van der Waals surface area contributed by atoms with Gasteiger partial charge in [0.2, 0.25) is 11.8 Å². The number of piperazine rings is 1. The van der Waals surface area contributed by atoms with Crippen LogP contribution in [0, 0.1) is 0 Å². The van der Waals surface area contributed by atoms with Crippen LogP contribution in [0.3, 0.4) is 0 Å². The van der Waals surface area contributed by atoms with Crippen LogP contribution in [0.15, 0.2) is 0 Å². The van der Waals surface area contributed by atoms with Gasteiger partial charge in [-0.2, -0.15) is 0 Å². The smallest absolute Gasteiger partial charge is 0.236 e. The first-order valence-corrected chi connectivity index (χ1v) is 4.59. The van der Waals surface area contributed by atoms with Crippen LogP contribution < -0.4 is 16.8 Å². The first kappa shape index (κ1) is 10.9. The molecule has 0 bridgehead atoms. The minimum atomic E-state index is -0.449. The molecule has 1 saturated heterocycles. The third-order valence-corrected chi connectivity index (χ3v) is 2.52. The summed E-state index contributed by atoms with van der Waals surface area (Å²) in [4.78, 5) is 23.8. The highest BCUT2D eigenvalue weighted by molar-refractivity contribution is 5.83. The van der Waals surface area contributed by atoms with Crippen molar-refractivity contribution in [3.8, 4) is 0 Å². The zero-order chi connectivity index (χ0) is 10.7. The van der Waals surface area contributed by atoms with E-state index in [1.807, 2.05) is 0 Å². The molecule has 6 heteroatoms. The number of hydrogen-bond donors (Lipinski definition) is 3. The standard InChI is InChI=1S/C8H16N4O2/c1-5(7(9)13)12-3-2-11-4-6(12)8(10)14/h5-6,11H,2-4H2,1H3,(H2,9,13)(H2,10,14). The van der Waals surface area contributed by atoms with Gasteiger partial charge in [-0.1, -0.05) is 0 Å². The normalized spacial score (nSPS) is 25.6. The molecule has 1 aliphatic rings. The monoisotopic (exact) mass is 200 g/mol. The molecule has 2 atom stereocenters. The average Bonchev–Trinajstić information content (AvgIpc) is 2.16. The number of rotatable bonds is 3. The van der Waals surface area contributed by atoms with Crippen LogP contribution >= 0.6 is 0 Å². The molecule has 1 aliphatic heterocycles.